The van der Waals surface area contributed by atoms with Gasteiger partial charge in [0.2, 0.25) is 5.88 Å². The molecule has 2 aliphatic heterocycles. The molecule has 0 radical (unpaired) electrons. The molecular formula is C31H32N2O2S2. The van der Waals surface area contributed by atoms with Gasteiger partial charge in [0, 0.05) is 23.7 Å². The van der Waals surface area contributed by atoms with Gasteiger partial charge in [-0.25, -0.2) is 0 Å². The third-order valence-corrected chi connectivity index (χ3v) is 8.56. The maximum absolute atomic E-state index is 13.2. The molecule has 1 amide bonds. The first-order valence-electron chi connectivity index (χ1n) is 13.0. The molecule has 1 saturated carbocycles. The van der Waals surface area contributed by atoms with Crippen molar-refractivity contribution in [3.05, 3.63) is 106 Å². The van der Waals surface area contributed by atoms with Gasteiger partial charge in [-0.3, -0.25) is 9.69 Å². The molecule has 1 saturated heterocycles. The van der Waals surface area contributed by atoms with E-state index in [0.717, 1.165) is 58.3 Å². The molecule has 2 aromatic rings. The van der Waals surface area contributed by atoms with E-state index in [-0.39, 0.29) is 11.9 Å². The van der Waals surface area contributed by atoms with Gasteiger partial charge in [-0.15, -0.1) is 0 Å². The number of rotatable bonds is 6. The smallest absolute Gasteiger partial charge is 0.266 e. The fourth-order valence-corrected chi connectivity index (χ4v) is 6.57. The molecule has 0 aromatic heterocycles. The van der Waals surface area contributed by atoms with Gasteiger partial charge in [0.15, 0.2) is 5.76 Å². The highest BCUT2D eigenvalue weighted by molar-refractivity contribution is 8.26. The molecule has 190 valence electrons. The minimum atomic E-state index is 0.0587. The summed E-state index contributed by atoms with van der Waals surface area (Å²) in [5.41, 5.74) is 4.13. The van der Waals surface area contributed by atoms with Crippen molar-refractivity contribution in [3.8, 4) is 0 Å². The van der Waals surface area contributed by atoms with Crippen LogP contribution >= 0.6 is 24.0 Å². The van der Waals surface area contributed by atoms with Crippen LogP contribution < -0.4 is 0 Å². The Labute approximate surface area is 229 Å². The second-order valence-electron chi connectivity index (χ2n) is 9.47. The van der Waals surface area contributed by atoms with Crippen LogP contribution in [0.1, 0.15) is 57.1 Å². The fourth-order valence-electron chi connectivity index (χ4n) is 5.17. The van der Waals surface area contributed by atoms with Gasteiger partial charge in [-0.2, -0.15) is 0 Å². The molecule has 37 heavy (non-hydrogen) atoms. The summed E-state index contributed by atoms with van der Waals surface area (Å²) in [6, 6.07) is 20.8. The lowest BCUT2D eigenvalue weighted by Gasteiger charge is -2.29. The monoisotopic (exact) mass is 528 g/mol. The van der Waals surface area contributed by atoms with Gasteiger partial charge >= 0.3 is 0 Å². The van der Waals surface area contributed by atoms with E-state index >= 15 is 0 Å². The van der Waals surface area contributed by atoms with Crippen molar-refractivity contribution in [2.75, 3.05) is 6.54 Å². The van der Waals surface area contributed by atoms with Crippen LogP contribution in [0.25, 0.3) is 11.5 Å². The number of benzene rings is 2. The van der Waals surface area contributed by atoms with Gasteiger partial charge in [0.25, 0.3) is 5.91 Å². The summed E-state index contributed by atoms with van der Waals surface area (Å²) in [5.74, 6) is 1.67. The Bertz CT molecular complexity index is 1290. The molecule has 3 aliphatic rings. The number of ether oxygens (including phenoxy) is 1. The number of hydrogen-bond donors (Lipinski definition) is 0. The summed E-state index contributed by atoms with van der Waals surface area (Å²) in [7, 11) is 0. The number of thiocarbonyl (C=S) groups is 1. The topological polar surface area (TPSA) is 32.8 Å². The highest BCUT2D eigenvalue weighted by atomic mass is 32.2. The van der Waals surface area contributed by atoms with E-state index in [9.17, 15) is 4.79 Å². The standard InChI is InChI=1S/C31H32N2O2S2/c1-3-32-26(35-28(24-17-9-5-10-18-24)27(32)23-15-7-4-8-16-23)21-13-14-22(2)29-30(34)33(31(36)37-29)25-19-11-6-12-20-25/h4-5,7-10,13-18,21,25H,3,6,11-12,19-20H2,1-2H3/b14-13-,26-21-,29-22-. The highest BCUT2D eigenvalue weighted by Crippen LogP contribution is 2.41. The quantitative estimate of drug-likeness (QED) is 0.283. The molecule has 6 heteroatoms. The molecule has 2 aromatic carbocycles. The van der Waals surface area contributed by atoms with E-state index in [1.54, 1.807) is 0 Å². The van der Waals surface area contributed by atoms with Crippen molar-refractivity contribution < 1.29 is 9.53 Å². The van der Waals surface area contributed by atoms with Gasteiger partial charge in [0.1, 0.15) is 4.32 Å². The summed E-state index contributed by atoms with van der Waals surface area (Å²) in [5, 5.41) is 0. The summed E-state index contributed by atoms with van der Waals surface area (Å²) >= 11 is 7.04. The molecular weight excluding hydrogens is 496 g/mol. The average Bonchev–Trinajstić information content (AvgIpc) is 3.46. The Morgan fingerprint density at radius 1 is 1.03 bits per heavy atom. The highest BCUT2D eigenvalue weighted by Gasteiger charge is 2.38. The Morgan fingerprint density at radius 3 is 2.32 bits per heavy atom. The number of nitrogens with zero attached hydrogens (tertiary/aromatic N) is 2. The summed E-state index contributed by atoms with van der Waals surface area (Å²) < 4.78 is 7.15. The molecule has 1 aliphatic carbocycles. The molecule has 0 bridgehead atoms. The maximum atomic E-state index is 13.2. The van der Waals surface area contributed by atoms with Gasteiger partial charge in [-0.05, 0) is 38.3 Å². The molecule has 0 atom stereocenters. The van der Waals surface area contributed by atoms with Crippen molar-refractivity contribution in [2.24, 2.45) is 0 Å². The average molecular weight is 529 g/mol. The van der Waals surface area contributed by atoms with Crippen LogP contribution in [0.2, 0.25) is 0 Å². The molecule has 4 nitrogen and oxygen atoms in total. The minimum absolute atomic E-state index is 0.0587. The van der Waals surface area contributed by atoms with E-state index in [1.165, 1.54) is 31.0 Å². The molecule has 2 heterocycles. The molecule has 5 rings (SSSR count). The number of allylic oxidation sites excluding steroid dienone is 4. The van der Waals surface area contributed by atoms with E-state index in [2.05, 4.69) is 36.1 Å². The summed E-state index contributed by atoms with van der Waals surface area (Å²) in [4.78, 5) is 18.0. The molecule has 2 fully saturated rings. The van der Waals surface area contributed by atoms with Crippen LogP contribution in [-0.4, -0.2) is 32.6 Å². The number of hydrogen-bond acceptors (Lipinski definition) is 5. The zero-order valence-corrected chi connectivity index (χ0v) is 23.0. The first-order valence-corrected chi connectivity index (χ1v) is 14.3. The van der Waals surface area contributed by atoms with Crippen LogP contribution in [0.15, 0.2) is 95.3 Å². The summed E-state index contributed by atoms with van der Waals surface area (Å²) in [6.45, 7) is 4.87. The van der Waals surface area contributed by atoms with Gasteiger partial charge in [-0.1, -0.05) is 116 Å². The zero-order chi connectivity index (χ0) is 25.8. The van der Waals surface area contributed by atoms with Crippen LogP contribution in [0.3, 0.4) is 0 Å². The number of carbonyl (C=O) groups excluding carboxylic acids is 1. The molecule has 0 unspecified atom stereocenters. The molecule has 0 N–H and O–H groups in total. The lowest BCUT2D eigenvalue weighted by molar-refractivity contribution is -0.124. The minimum Gasteiger partial charge on any atom is -0.438 e. The van der Waals surface area contributed by atoms with E-state index in [0.29, 0.717) is 4.32 Å². The number of amides is 1. The lowest BCUT2D eigenvalue weighted by Crippen LogP contribution is -2.39. The van der Waals surface area contributed by atoms with Crippen molar-refractivity contribution >= 4 is 45.7 Å². The second-order valence-corrected chi connectivity index (χ2v) is 11.1. The Morgan fingerprint density at radius 2 is 1.68 bits per heavy atom. The first-order chi connectivity index (χ1) is 18.1. The van der Waals surface area contributed by atoms with Crippen LogP contribution in [-0.2, 0) is 9.53 Å². The first kappa shape index (κ1) is 25.6. The normalized spacial score (nSPS) is 21.5. The van der Waals surface area contributed by atoms with Crippen LogP contribution in [0.5, 0.6) is 0 Å². The largest absolute Gasteiger partial charge is 0.438 e. The Balaban J connectivity index is 1.41. The lowest BCUT2D eigenvalue weighted by atomic mass is 9.94. The Hall–Kier alpha value is -3.09. The van der Waals surface area contributed by atoms with Crippen molar-refractivity contribution in [2.45, 2.75) is 52.0 Å². The van der Waals surface area contributed by atoms with Crippen molar-refractivity contribution in [1.82, 2.24) is 9.80 Å². The van der Waals surface area contributed by atoms with Gasteiger partial charge < -0.3 is 9.64 Å². The maximum Gasteiger partial charge on any atom is 0.266 e. The van der Waals surface area contributed by atoms with E-state index in [4.69, 9.17) is 17.0 Å². The van der Waals surface area contributed by atoms with E-state index in [1.807, 2.05) is 66.4 Å². The second kappa shape index (κ2) is 11.5. The Kier molecular flexibility index (Phi) is 7.96. The predicted octanol–water partition coefficient (Wildman–Crippen LogP) is 7.73. The number of thioether (sulfide) groups is 1. The van der Waals surface area contributed by atoms with Crippen LogP contribution in [0, 0.1) is 0 Å². The van der Waals surface area contributed by atoms with Crippen molar-refractivity contribution in [3.63, 3.8) is 0 Å². The van der Waals surface area contributed by atoms with E-state index < -0.39 is 0 Å². The third kappa shape index (κ3) is 5.32. The molecule has 0 spiro atoms. The van der Waals surface area contributed by atoms with Gasteiger partial charge in [0.05, 0.1) is 10.6 Å². The fraction of sp³-hybridized carbons (Fsp3) is 0.290. The number of carbonyl (C=O) groups is 1. The summed E-state index contributed by atoms with van der Waals surface area (Å²) in [6.07, 6.45) is 11.6. The van der Waals surface area contributed by atoms with Crippen LogP contribution in [0.4, 0.5) is 0 Å². The zero-order valence-electron chi connectivity index (χ0n) is 21.4. The third-order valence-electron chi connectivity index (χ3n) is 7.04. The van der Waals surface area contributed by atoms with Crippen molar-refractivity contribution in [1.29, 1.82) is 0 Å². The SMILES string of the molecule is CCN1C(c2ccccc2)=C(c2ccccc2)O\C1=C/C=C\C(C)=C1/SC(=S)N(C2CCCCC2)C1=O. The predicted molar refractivity (Wildman–Crippen MR) is 157 cm³/mol.